The van der Waals surface area contributed by atoms with Crippen LogP contribution < -0.4 is 10.1 Å². The van der Waals surface area contributed by atoms with Gasteiger partial charge in [0, 0.05) is 23.0 Å². The summed E-state index contributed by atoms with van der Waals surface area (Å²) in [4.78, 5) is 0. The number of piperidine rings is 1. The summed E-state index contributed by atoms with van der Waals surface area (Å²) in [6.45, 7) is 3.79. The Morgan fingerprint density at radius 1 is 1.21 bits per heavy atom. The van der Waals surface area contributed by atoms with Crippen molar-refractivity contribution < 1.29 is 13.5 Å². The minimum atomic E-state index is -0.640. The Morgan fingerprint density at radius 2 is 1.96 bits per heavy atom. The molecule has 0 bridgehead atoms. The van der Waals surface area contributed by atoms with Crippen LogP contribution in [0.4, 0.5) is 8.78 Å². The molecule has 1 fully saturated rings. The highest BCUT2D eigenvalue weighted by Crippen LogP contribution is 2.45. The zero-order valence-electron chi connectivity index (χ0n) is 13.3. The van der Waals surface area contributed by atoms with Gasteiger partial charge < -0.3 is 10.1 Å². The van der Waals surface area contributed by atoms with Crippen molar-refractivity contribution in [2.24, 2.45) is 0 Å². The molecule has 0 aliphatic carbocycles. The van der Waals surface area contributed by atoms with Gasteiger partial charge in [-0.15, -0.1) is 0 Å². The highest BCUT2D eigenvalue weighted by Gasteiger charge is 2.37. The molecule has 2 atom stereocenters. The summed E-state index contributed by atoms with van der Waals surface area (Å²) in [6, 6.07) is 6.01. The van der Waals surface area contributed by atoms with Crippen molar-refractivity contribution in [1.82, 2.24) is 5.32 Å². The van der Waals surface area contributed by atoms with Gasteiger partial charge in [-0.3, -0.25) is 0 Å². The number of halogens is 3. The average molecular weight is 350 g/mol. The molecule has 0 spiro atoms. The predicted molar refractivity (Wildman–Crippen MR) is 90.8 cm³/mol. The molecule has 24 heavy (non-hydrogen) atoms. The summed E-state index contributed by atoms with van der Waals surface area (Å²) >= 11 is 5.74. The monoisotopic (exact) mass is 349 g/mol. The highest BCUT2D eigenvalue weighted by molar-refractivity contribution is 6.30. The van der Waals surface area contributed by atoms with E-state index in [1.165, 1.54) is 0 Å². The molecule has 2 aliphatic heterocycles. The van der Waals surface area contributed by atoms with Gasteiger partial charge in [0.15, 0.2) is 0 Å². The highest BCUT2D eigenvalue weighted by atomic mass is 35.5. The molecular weight excluding hydrogens is 332 g/mol. The number of rotatable bonds is 2. The lowest BCUT2D eigenvalue weighted by Gasteiger charge is -2.24. The van der Waals surface area contributed by atoms with Crippen molar-refractivity contribution in [3.8, 4) is 16.9 Å². The van der Waals surface area contributed by atoms with E-state index in [1.807, 2.05) is 19.1 Å². The fraction of sp³-hybridized carbons (Fsp3) is 0.368. The van der Waals surface area contributed by atoms with Gasteiger partial charge >= 0.3 is 0 Å². The first kappa shape index (κ1) is 15.9. The Balaban J connectivity index is 1.88. The predicted octanol–water partition coefficient (Wildman–Crippen LogP) is 4.69. The second-order valence-electron chi connectivity index (χ2n) is 6.41. The van der Waals surface area contributed by atoms with Crippen molar-refractivity contribution in [2.45, 2.75) is 31.8 Å². The van der Waals surface area contributed by atoms with E-state index in [1.54, 1.807) is 0 Å². The maximum atomic E-state index is 14.3. The number of benzene rings is 2. The summed E-state index contributed by atoms with van der Waals surface area (Å²) in [5.74, 6) is -0.148. The second-order valence-corrected chi connectivity index (χ2v) is 6.84. The number of hydrogen-bond acceptors (Lipinski definition) is 2. The van der Waals surface area contributed by atoms with Gasteiger partial charge in [-0.1, -0.05) is 18.5 Å². The lowest BCUT2D eigenvalue weighted by molar-refractivity contribution is 0.171. The van der Waals surface area contributed by atoms with E-state index in [9.17, 15) is 8.78 Å². The summed E-state index contributed by atoms with van der Waals surface area (Å²) in [5, 5.41) is 3.44. The Kier molecular flexibility index (Phi) is 3.97. The van der Waals surface area contributed by atoms with Gasteiger partial charge in [0.2, 0.25) is 0 Å². The van der Waals surface area contributed by atoms with Gasteiger partial charge in [0.25, 0.3) is 0 Å². The molecule has 0 radical (unpaired) electrons. The molecule has 1 N–H and O–H groups in total. The van der Waals surface area contributed by atoms with Gasteiger partial charge in [0.05, 0.1) is 5.56 Å². The van der Waals surface area contributed by atoms with Crippen LogP contribution in [0, 0.1) is 11.6 Å². The smallest absolute Gasteiger partial charge is 0.135 e. The van der Waals surface area contributed by atoms with E-state index in [0.717, 1.165) is 54.9 Å². The first-order valence-electron chi connectivity index (χ1n) is 8.27. The minimum Gasteiger partial charge on any atom is -0.489 e. The Hall–Kier alpha value is -1.65. The maximum Gasteiger partial charge on any atom is 0.135 e. The van der Waals surface area contributed by atoms with Crippen LogP contribution in [-0.4, -0.2) is 19.2 Å². The largest absolute Gasteiger partial charge is 0.489 e. The van der Waals surface area contributed by atoms with E-state index in [0.29, 0.717) is 5.56 Å². The molecule has 0 saturated carbocycles. The third-order valence-corrected chi connectivity index (χ3v) is 5.18. The first-order valence-corrected chi connectivity index (χ1v) is 8.65. The van der Waals surface area contributed by atoms with Crippen molar-refractivity contribution >= 4 is 11.6 Å². The molecule has 4 rings (SSSR count). The second kappa shape index (κ2) is 6.01. The standard InChI is InChI=1S/C19H18ClF2NO/c1-2-10-5-11(18-15(21)7-12(20)8-16(18)22)6-13-14-9-23-4-3-17(14)24-19(10)13/h5-8,14,17,23H,2-4,9H2,1H3. The van der Waals surface area contributed by atoms with Crippen molar-refractivity contribution in [1.29, 1.82) is 0 Å². The summed E-state index contributed by atoms with van der Waals surface area (Å²) in [6.07, 6.45) is 1.85. The van der Waals surface area contributed by atoms with Crippen LogP contribution >= 0.6 is 11.6 Å². The van der Waals surface area contributed by atoms with Crippen LogP contribution in [0.1, 0.15) is 30.4 Å². The van der Waals surface area contributed by atoms with E-state index in [4.69, 9.17) is 16.3 Å². The van der Waals surface area contributed by atoms with Gasteiger partial charge in [0.1, 0.15) is 23.5 Å². The van der Waals surface area contributed by atoms with E-state index < -0.39 is 11.6 Å². The van der Waals surface area contributed by atoms with Crippen molar-refractivity contribution in [3.05, 3.63) is 52.0 Å². The van der Waals surface area contributed by atoms with E-state index in [-0.39, 0.29) is 22.6 Å². The van der Waals surface area contributed by atoms with Crippen LogP contribution in [0.5, 0.6) is 5.75 Å². The van der Waals surface area contributed by atoms with E-state index in [2.05, 4.69) is 5.32 Å². The van der Waals surface area contributed by atoms with Crippen molar-refractivity contribution in [2.75, 3.05) is 13.1 Å². The molecule has 2 unspecified atom stereocenters. The summed E-state index contributed by atoms with van der Waals surface area (Å²) in [7, 11) is 0. The molecule has 2 heterocycles. The average Bonchev–Trinajstić information content (AvgIpc) is 2.92. The summed E-state index contributed by atoms with van der Waals surface area (Å²) in [5.41, 5.74) is 2.57. The van der Waals surface area contributed by atoms with Crippen LogP contribution in [0.25, 0.3) is 11.1 Å². The Morgan fingerprint density at radius 3 is 2.67 bits per heavy atom. The lowest BCUT2D eigenvalue weighted by Crippen LogP contribution is -2.37. The fourth-order valence-corrected chi connectivity index (χ4v) is 3.99. The minimum absolute atomic E-state index is 0.0240. The van der Waals surface area contributed by atoms with Gasteiger partial charge in [-0.25, -0.2) is 8.78 Å². The zero-order valence-corrected chi connectivity index (χ0v) is 14.1. The maximum absolute atomic E-state index is 14.3. The number of nitrogens with one attached hydrogen (secondary N) is 1. The Labute approximate surface area is 144 Å². The first-order chi connectivity index (χ1) is 11.6. The van der Waals surface area contributed by atoms with Crippen LogP contribution in [0.15, 0.2) is 24.3 Å². The molecule has 5 heteroatoms. The molecule has 2 aromatic rings. The summed E-state index contributed by atoms with van der Waals surface area (Å²) < 4.78 is 34.9. The van der Waals surface area contributed by atoms with E-state index >= 15 is 0 Å². The number of ether oxygens (including phenoxy) is 1. The topological polar surface area (TPSA) is 21.3 Å². The lowest BCUT2D eigenvalue weighted by atomic mass is 9.87. The molecule has 2 nitrogen and oxygen atoms in total. The number of hydrogen-bond donors (Lipinski definition) is 1. The number of fused-ring (bicyclic) bond motifs is 3. The third-order valence-electron chi connectivity index (χ3n) is 4.96. The fourth-order valence-electron chi connectivity index (χ4n) is 3.79. The Bertz CT molecular complexity index is 785. The van der Waals surface area contributed by atoms with Gasteiger partial charge in [-0.2, -0.15) is 0 Å². The third kappa shape index (κ3) is 2.49. The molecule has 0 amide bonds. The molecule has 2 aliphatic rings. The normalized spacial score (nSPS) is 22.0. The van der Waals surface area contributed by atoms with Crippen molar-refractivity contribution in [3.63, 3.8) is 0 Å². The molecule has 0 aromatic heterocycles. The zero-order chi connectivity index (χ0) is 16.8. The van der Waals surface area contributed by atoms with Crippen LogP contribution in [0.2, 0.25) is 5.02 Å². The molecular formula is C19H18ClF2NO. The molecule has 2 aromatic carbocycles. The SMILES string of the molecule is CCc1cc(-c2c(F)cc(Cl)cc2F)cc2c1OC1CCNCC21. The molecule has 1 saturated heterocycles. The van der Waals surface area contributed by atoms with Crippen LogP contribution in [-0.2, 0) is 6.42 Å². The van der Waals surface area contributed by atoms with Crippen LogP contribution in [0.3, 0.4) is 0 Å². The quantitative estimate of drug-likeness (QED) is 0.849. The van der Waals surface area contributed by atoms with Gasteiger partial charge in [-0.05, 0) is 54.8 Å². The molecule has 126 valence electrons. The number of aryl methyl sites for hydroxylation is 1.